The first kappa shape index (κ1) is 17.3. The van der Waals surface area contributed by atoms with Gasteiger partial charge in [0.15, 0.2) is 0 Å². The predicted octanol–water partition coefficient (Wildman–Crippen LogP) is 1.79. The second-order valence-corrected chi connectivity index (χ2v) is 6.26. The molecule has 1 amide bonds. The van der Waals surface area contributed by atoms with Gasteiger partial charge in [0.1, 0.15) is 12.1 Å². The number of carboxylic acids is 1. The SMILES string of the molecule is COC(=O)CN(C(=O)OC(C)(C)C)C1(CCC(=O)O)CC1. The van der Waals surface area contributed by atoms with Gasteiger partial charge in [0.05, 0.1) is 7.11 Å². The van der Waals surface area contributed by atoms with Crippen molar-refractivity contribution in [2.75, 3.05) is 13.7 Å². The fourth-order valence-corrected chi connectivity index (χ4v) is 2.08. The summed E-state index contributed by atoms with van der Waals surface area (Å²) in [6.07, 6.45) is 0.960. The number of nitrogens with zero attached hydrogens (tertiary/aromatic N) is 1. The minimum Gasteiger partial charge on any atom is -0.481 e. The van der Waals surface area contributed by atoms with Crippen LogP contribution in [0.15, 0.2) is 0 Å². The average Bonchev–Trinajstić information content (AvgIpc) is 3.11. The van der Waals surface area contributed by atoms with Gasteiger partial charge in [0.2, 0.25) is 0 Å². The van der Waals surface area contributed by atoms with E-state index in [1.807, 2.05) is 0 Å². The van der Waals surface area contributed by atoms with Crippen LogP contribution in [0.4, 0.5) is 4.79 Å². The smallest absolute Gasteiger partial charge is 0.411 e. The third-order valence-electron chi connectivity index (χ3n) is 3.33. The summed E-state index contributed by atoms with van der Waals surface area (Å²) >= 11 is 0. The largest absolute Gasteiger partial charge is 0.481 e. The summed E-state index contributed by atoms with van der Waals surface area (Å²) in [4.78, 5) is 35.9. The molecule has 0 aromatic rings. The van der Waals surface area contributed by atoms with Gasteiger partial charge in [0, 0.05) is 12.0 Å². The zero-order valence-electron chi connectivity index (χ0n) is 13.0. The lowest BCUT2D eigenvalue weighted by Crippen LogP contribution is -2.48. The Labute approximate surface area is 124 Å². The first-order chi connectivity index (χ1) is 9.59. The standard InChI is InChI=1S/C14H23NO6/c1-13(2,3)21-12(19)15(9-11(18)20-4)14(7-8-14)6-5-10(16)17/h5-9H2,1-4H3,(H,16,17). The highest BCUT2D eigenvalue weighted by Crippen LogP contribution is 2.46. The van der Waals surface area contributed by atoms with Crippen LogP contribution in [-0.4, -0.2) is 52.8 Å². The summed E-state index contributed by atoms with van der Waals surface area (Å²) in [6, 6.07) is 0. The van der Waals surface area contributed by atoms with Crippen LogP contribution in [-0.2, 0) is 19.1 Å². The molecule has 1 saturated carbocycles. The van der Waals surface area contributed by atoms with Crippen molar-refractivity contribution < 1.29 is 29.0 Å². The van der Waals surface area contributed by atoms with Gasteiger partial charge in [-0.25, -0.2) is 4.79 Å². The number of carbonyl (C=O) groups is 3. The Balaban J connectivity index is 2.84. The molecule has 0 aliphatic heterocycles. The van der Waals surface area contributed by atoms with E-state index in [0.717, 1.165) is 0 Å². The first-order valence-electron chi connectivity index (χ1n) is 6.89. The number of esters is 1. The van der Waals surface area contributed by atoms with Crippen molar-refractivity contribution in [1.29, 1.82) is 0 Å². The van der Waals surface area contributed by atoms with Gasteiger partial charge in [-0.1, -0.05) is 0 Å². The molecule has 1 rings (SSSR count). The van der Waals surface area contributed by atoms with Crippen molar-refractivity contribution >= 4 is 18.0 Å². The van der Waals surface area contributed by atoms with Gasteiger partial charge in [-0.2, -0.15) is 0 Å². The van der Waals surface area contributed by atoms with Gasteiger partial charge in [-0.3, -0.25) is 14.5 Å². The minimum atomic E-state index is -0.927. The molecule has 7 nitrogen and oxygen atoms in total. The highest BCUT2D eigenvalue weighted by Gasteiger charge is 2.51. The van der Waals surface area contributed by atoms with Crippen LogP contribution in [0.3, 0.4) is 0 Å². The summed E-state index contributed by atoms with van der Waals surface area (Å²) in [5.74, 6) is -1.48. The maximum atomic E-state index is 12.3. The number of carbonyl (C=O) groups excluding carboxylic acids is 2. The quantitative estimate of drug-likeness (QED) is 0.752. The fourth-order valence-electron chi connectivity index (χ4n) is 2.08. The Morgan fingerprint density at radius 3 is 2.19 bits per heavy atom. The zero-order chi connectivity index (χ0) is 16.3. The topological polar surface area (TPSA) is 93.1 Å². The number of amides is 1. The van der Waals surface area contributed by atoms with Crippen LogP contribution in [0, 0.1) is 0 Å². The molecular formula is C14H23NO6. The Bertz CT molecular complexity index is 422. The molecule has 120 valence electrons. The van der Waals surface area contributed by atoms with Gasteiger partial charge in [0.25, 0.3) is 0 Å². The summed E-state index contributed by atoms with van der Waals surface area (Å²) < 4.78 is 9.91. The maximum absolute atomic E-state index is 12.3. The molecule has 0 heterocycles. The van der Waals surface area contributed by atoms with Crippen molar-refractivity contribution in [3.63, 3.8) is 0 Å². The molecule has 21 heavy (non-hydrogen) atoms. The maximum Gasteiger partial charge on any atom is 0.411 e. The van der Waals surface area contributed by atoms with Crippen LogP contribution in [0.25, 0.3) is 0 Å². The molecule has 0 spiro atoms. The van der Waals surface area contributed by atoms with E-state index in [1.165, 1.54) is 12.0 Å². The lowest BCUT2D eigenvalue weighted by atomic mass is 10.1. The number of carboxylic acid groups (broad SMARTS) is 1. The van der Waals surface area contributed by atoms with E-state index in [2.05, 4.69) is 4.74 Å². The number of hydrogen-bond acceptors (Lipinski definition) is 5. The molecule has 1 N–H and O–H groups in total. The average molecular weight is 301 g/mol. The van der Waals surface area contributed by atoms with Crippen LogP contribution in [0.5, 0.6) is 0 Å². The van der Waals surface area contributed by atoms with Crippen molar-refractivity contribution in [3.8, 4) is 0 Å². The second-order valence-electron chi connectivity index (χ2n) is 6.26. The summed E-state index contributed by atoms with van der Waals surface area (Å²) in [5, 5.41) is 8.81. The molecule has 0 aromatic heterocycles. The van der Waals surface area contributed by atoms with E-state index >= 15 is 0 Å². The molecule has 1 fully saturated rings. The Kier molecular flexibility index (Phi) is 5.20. The van der Waals surface area contributed by atoms with Gasteiger partial charge in [-0.15, -0.1) is 0 Å². The monoisotopic (exact) mass is 301 g/mol. The summed E-state index contributed by atoms with van der Waals surface area (Å²) in [5.41, 5.74) is -1.29. The Morgan fingerprint density at radius 1 is 1.24 bits per heavy atom. The molecule has 0 aromatic carbocycles. The number of hydrogen-bond donors (Lipinski definition) is 1. The third-order valence-corrected chi connectivity index (χ3v) is 3.33. The van der Waals surface area contributed by atoms with Crippen LogP contribution in [0.2, 0.25) is 0 Å². The lowest BCUT2D eigenvalue weighted by Gasteiger charge is -2.33. The van der Waals surface area contributed by atoms with Crippen LogP contribution >= 0.6 is 0 Å². The summed E-state index contributed by atoms with van der Waals surface area (Å²) in [7, 11) is 1.24. The van der Waals surface area contributed by atoms with E-state index < -0.39 is 29.2 Å². The van der Waals surface area contributed by atoms with Crippen LogP contribution < -0.4 is 0 Å². The molecule has 0 saturated heterocycles. The van der Waals surface area contributed by atoms with E-state index in [0.29, 0.717) is 19.3 Å². The molecule has 1 aliphatic rings. The Hall–Kier alpha value is -1.79. The number of aliphatic carboxylic acids is 1. The molecule has 7 heteroatoms. The van der Waals surface area contributed by atoms with Crippen molar-refractivity contribution in [1.82, 2.24) is 4.90 Å². The normalized spacial score (nSPS) is 16.0. The van der Waals surface area contributed by atoms with Crippen LogP contribution in [0.1, 0.15) is 46.5 Å². The molecule has 0 atom stereocenters. The number of ether oxygens (including phenoxy) is 2. The van der Waals surface area contributed by atoms with Crippen molar-refractivity contribution in [2.24, 2.45) is 0 Å². The first-order valence-corrected chi connectivity index (χ1v) is 6.89. The highest BCUT2D eigenvalue weighted by molar-refractivity contribution is 5.79. The van der Waals surface area contributed by atoms with Crippen molar-refractivity contribution in [3.05, 3.63) is 0 Å². The number of rotatable bonds is 6. The molecule has 0 bridgehead atoms. The molecule has 1 aliphatic carbocycles. The van der Waals surface area contributed by atoms with E-state index in [4.69, 9.17) is 9.84 Å². The fraction of sp³-hybridized carbons (Fsp3) is 0.786. The zero-order valence-corrected chi connectivity index (χ0v) is 13.0. The predicted molar refractivity (Wildman–Crippen MR) is 73.8 cm³/mol. The minimum absolute atomic E-state index is 0.0551. The van der Waals surface area contributed by atoms with E-state index in [1.54, 1.807) is 20.8 Å². The van der Waals surface area contributed by atoms with Gasteiger partial charge < -0.3 is 14.6 Å². The molecular weight excluding hydrogens is 278 g/mol. The Morgan fingerprint density at radius 2 is 1.81 bits per heavy atom. The summed E-state index contributed by atoms with van der Waals surface area (Å²) in [6.45, 7) is 4.97. The lowest BCUT2D eigenvalue weighted by molar-refractivity contribution is -0.142. The van der Waals surface area contributed by atoms with Gasteiger partial charge in [-0.05, 0) is 40.0 Å². The van der Waals surface area contributed by atoms with E-state index in [9.17, 15) is 14.4 Å². The number of methoxy groups -OCH3 is 1. The molecule has 0 unspecified atom stereocenters. The second kappa shape index (κ2) is 6.32. The third kappa shape index (κ3) is 5.24. The van der Waals surface area contributed by atoms with Crippen molar-refractivity contribution in [2.45, 2.75) is 57.6 Å². The molecule has 0 radical (unpaired) electrons. The highest BCUT2D eigenvalue weighted by atomic mass is 16.6. The van der Waals surface area contributed by atoms with Gasteiger partial charge >= 0.3 is 18.0 Å². The van der Waals surface area contributed by atoms with E-state index in [-0.39, 0.29) is 13.0 Å².